The molecule has 5 rings (SSSR count). The zero-order valence-corrected chi connectivity index (χ0v) is 21.1. The minimum absolute atomic E-state index is 0.243. The highest BCUT2D eigenvalue weighted by Crippen LogP contribution is 2.62. The van der Waals surface area contributed by atoms with Crippen LogP contribution in [0.1, 0.15) is 72.2 Å². The van der Waals surface area contributed by atoms with Crippen LogP contribution in [0.4, 0.5) is 0 Å². The molecule has 0 amide bonds. The molecule has 0 N–H and O–H groups in total. The summed E-state index contributed by atoms with van der Waals surface area (Å²) < 4.78 is 12.8. The van der Waals surface area contributed by atoms with Gasteiger partial charge in [0.15, 0.2) is 0 Å². The van der Waals surface area contributed by atoms with E-state index in [2.05, 4.69) is 26.0 Å². The summed E-state index contributed by atoms with van der Waals surface area (Å²) in [7, 11) is 0. The van der Waals surface area contributed by atoms with Crippen molar-refractivity contribution in [3.8, 4) is 0 Å². The van der Waals surface area contributed by atoms with Gasteiger partial charge in [0.2, 0.25) is 0 Å². The smallest absolute Gasteiger partial charge is 0.338 e. The lowest BCUT2D eigenvalue weighted by Crippen LogP contribution is -2.48. The summed E-state index contributed by atoms with van der Waals surface area (Å²) in [5, 5.41) is 0. The topological polar surface area (TPSA) is 52.6 Å². The van der Waals surface area contributed by atoms with Gasteiger partial charge in [-0.05, 0) is 55.0 Å². The molecule has 2 saturated carbocycles. The summed E-state index contributed by atoms with van der Waals surface area (Å²) in [4.78, 5) is 26.9. The van der Waals surface area contributed by atoms with E-state index in [0.29, 0.717) is 11.1 Å². The summed E-state index contributed by atoms with van der Waals surface area (Å²) in [5.74, 6) is -0.495. The van der Waals surface area contributed by atoms with Crippen LogP contribution in [0.2, 0.25) is 0 Å². The third kappa shape index (κ3) is 4.23. The Morgan fingerprint density at radius 1 is 0.694 bits per heavy atom. The fraction of sp³-hybridized carbons (Fsp3) is 0.375. The van der Waals surface area contributed by atoms with Crippen molar-refractivity contribution in [1.82, 2.24) is 0 Å². The summed E-state index contributed by atoms with van der Waals surface area (Å²) in [6.07, 6.45) is 3.62. The Morgan fingerprint density at radius 3 is 1.69 bits per heavy atom. The van der Waals surface area contributed by atoms with E-state index in [1.165, 1.54) is 0 Å². The Hall–Kier alpha value is -3.40. The van der Waals surface area contributed by atoms with Gasteiger partial charge >= 0.3 is 11.9 Å². The Labute approximate surface area is 213 Å². The monoisotopic (exact) mass is 482 g/mol. The van der Waals surface area contributed by atoms with Gasteiger partial charge in [0, 0.05) is 10.8 Å². The van der Waals surface area contributed by atoms with Crippen LogP contribution in [0.25, 0.3) is 0 Å². The molecule has 4 heteroatoms. The van der Waals surface area contributed by atoms with Gasteiger partial charge in [-0.15, -0.1) is 0 Å². The molecule has 0 heterocycles. The zero-order valence-electron chi connectivity index (χ0n) is 21.1. The fourth-order valence-electron chi connectivity index (χ4n) is 6.61. The normalized spacial score (nSPS) is 27.3. The largest absolute Gasteiger partial charge is 0.454 e. The lowest BCUT2D eigenvalue weighted by atomic mass is 9.69. The maximum absolute atomic E-state index is 13.5. The van der Waals surface area contributed by atoms with Crippen LogP contribution in [0.3, 0.4) is 0 Å². The molecular formula is C32H34O4. The number of hydrogen-bond acceptors (Lipinski definition) is 4. The molecule has 4 atom stereocenters. The van der Waals surface area contributed by atoms with Crippen LogP contribution in [-0.4, -0.2) is 24.1 Å². The van der Waals surface area contributed by atoms with Crippen molar-refractivity contribution < 1.29 is 19.1 Å². The minimum Gasteiger partial charge on any atom is -0.454 e. The molecule has 186 valence electrons. The number of rotatable bonds is 6. The molecule has 2 aliphatic rings. The van der Waals surface area contributed by atoms with Crippen molar-refractivity contribution >= 4 is 11.9 Å². The van der Waals surface area contributed by atoms with Gasteiger partial charge in [-0.3, -0.25) is 0 Å². The highest BCUT2D eigenvalue weighted by molar-refractivity contribution is 5.90. The van der Waals surface area contributed by atoms with Gasteiger partial charge in [-0.25, -0.2) is 9.59 Å². The maximum atomic E-state index is 13.5. The van der Waals surface area contributed by atoms with E-state index >= 15 is 0 Å². The number of carbonyl (C=O) groups is 2. The number of ether oxygens (including phenoxy) is 2. The Balaban J connectivity index is 1.63. The zero-order chi connectivity index (χ0) is 25.2. The molecular weight excluding hydrogens is 448 g/mol. The number of carbonyl (C=O) groups excluding carboxylic acids is 2. The van der Waals surface area contributed by atoms with Crippen LogP contribution in [-0.2, 0) is 14.9 Å². The highest BCUT2D eigenvalue weighted by Gasteiger charge is 2.66. The Kier molecular flexibility index (Phi) is 6.70. The van der Waals surface area contributed by atoms with Gasteiger partial charge in [0.05, 0.1) is 11.1 Å². The third-order valence-corrected chi connectivity index (χ3v) is 8.53. The molecule has 3 aromatic carbocycles. The average Bonchev–Trinajstić information content (AvgIpc) is 3.04. The summed E-state index contributed by atoms with van der Waals surface area (Å²) in [6.45, 7) is 4.43. The van der Waals surface area contributed by atoms with E-state index in [9.17, 15) is 9.59 Å². The standard InChI is InChI=1S/C32H34O4/c1-23(2)31-20-12-13-21-32(22-31,26-18-10-5-11-19-26)28(36-30(34)25-16-8-4-9-17-25)27(31)35-29(33)24-14-6-3-7-15-24/h3-11,14-19,23,27-28H,12-13,20-22H2,1-2H3. The van der Waals surface area contributed by atoms with Crippen molar-refractivity contribution in [1.29, 1.82) is 0 Å². The Morgan fingerprint density at radius 2 is 1.17 bits per heavy atom. The number of hydrogen-bond donors (Lipinski definition) is 0. The molecule has 4 nitrogen and oxygen atoms in total. The second-order valence-electron chi connectivity index (χ2n) is 10.7. The van der Waals surface area contributed by atoms with E-state index in [1.54, 1.807) is 24.3 Å². The fourth-order valence-corrected chi connectivity index (χ4v) is 6.61. The van der Waals surface area contributed by atoms with Crippen molar-refractivity contribution in [2.24, 2.45) is 11.3 Å². The SMILES string of the molecule is CC(C)C12CCCCC(c3ccccc3)(C1)C(OC(=O)c1ccccc1)C2OC(=O)c1ccccc1. The number of esters is 2. The van der Waals surface area contributed by atoms with E-state index in [1.807, 2.05) is 54.6 Å². The molecule has 2 aliphatic carbocycles. The van der Waals surface area contributed by atoms with E-state index in [0.717, 1.165) is 37.7 Å². The lowest BCUT2D eigenvalue weighted by Gasteiger charge is -2.40. The Bertz CT molecular complexity index is 1190. The second kappa shape index (κ2) is 9.93. The van der Waals surface area contributed by atoms with Crippen molar-refractivity contribution in [3.63, 3.8) is 0 Å². The van der Waals surface area contributed by atoms with E-state index < -0.39 is 17.6 Å². The summed E-state index contributed by atoms with van der Waals surface area (Å²) >= 11 is 0. The third-order valence-electron chi connectivity index (χ3n) is 8.53. The van der Waals surface area contributed by atoms with Gasteiger partial charge < -0.3 is 9.47 Å². The highest BCUT2D eigenvalue weighted by atomic mass is 16.6. The first-order valence-electron chi connectivity index (χ1n) is 13.0. The van der Waals surface area contributed by atoms with Crippen LogP contribution >= 0.6 is 0 Å². The molecule has 4 unspecified atom stereocenters. The molecule has 0 aliphatic heterocycles. The quantitative estimate of drug-likeness (QED) is 0.355. The number of fused-ring (bicyclic) bond motifs is 2. The summed E-state index contributed by atoms with van der Waals surface area (Å²) in [6, 6.07) is 28.6. The van der Waals surface area contributed by atoms with Crippen LogP contribution < -0.4 is 0 Å². The molecule has 0 aromatic heterocycles. The first-order valence-corrected chi connectivity index (χ1v) is 13.0. The molecule has 3 aromatic rings. The van der Waals surface area contributed by atoms with Crippen LogP contribution in [0.5, 0.6) is 0 Å². The second-order valence-corrected chi connectivity index (χ2v) is 10.7. The molecule has 2 bridgehead atoms. The van der Waals surface area contributed by atoms with Gasteiger partial charge in [0.25, 0.3) is 0 Å². The molecule has 0 radical (unpaired) electrons. The predicted molar refractivity (Wildman–Crippen MR) is 140 cm³/mol. The van der Waals surface area contributed by atoms with Crippen LogP contribution in [0, 0.1) is 11.3 Å². The van der Waals surface area contributed by atoms with Gasteiger partial charge in [-0.2, -0.15) is 0 Å². The molecule has 36 heavy (non-hydrogen) atoms. The lowest BCUT2D eigenvalue weighted by molar-refractivity contribution is -0.0834. The molecule has 0 spiro atoms. The minimum atomic E-state index is -0.581. The molecule has 0 saturated heterocycles. The van der Waals surface area contributed by atoms with Gasteiger partial charge in [0.1, 0.15) is 12.2 Å². The van der Waals surface area contributed by atoms with Crippen LogP contribution in [0.15, 0.2) is 91.0 Å². The van der Waals surface area contributed by atoms with Crippen molar-refractivity contribution in [3.05, 3.63) is 108 Å². The maximum Gasteiger partial charge on any atom is 0.338 e. The van der Waals surface area contributed by atoms with E-state index in [4.69, 9.17) is 9.47 Å². The molecule has 2 fully saturated rings. The first kappa shape index (κ1) is 24.3. The van der Waals surface area contributed by atoms with Gasteiger partial charge in [-0.1, -0.05) is 93.4 Å². The number of benzene rings is 3. The average molecular weight is 483 g/mol. The summed E-state index contributed by atoms with van der Waals surface area (Å²) in [5.41, 5.74) is 1.46. The predicted octanol–water partition coefficient (Wildman–Crippen LogP) is 7.00. The van der Waals surface area contributed by atoms with Crippen molar-refractivity contribution in [2.75, 3.05) is 0 Å². The first-order chi connectivity index (χ1) is 17.5. The van der Waals surface area contributed by atoms with Crippen molar-refractivity contribution in [2.45, 2.75) is 63.6 Å². The van der Waals surface area contributed by atoms with E-state index in [-0.39, 0.29) is 23.3 Å².